The molecule has 7 rings (SSSR count). The summed E-state index contributed by atoms with van der Waals surface area (Å²) in [5, 5.41) is 11.8. The van der Waals surface area contributed by atoms with Crippen LogP contribution in [0.25, 0.3) is 28.1 Å². The molecule has 2 fully saturated rings. The summed E-state index contributed by atoms with van der Waals surface area (Å²) < 4.78 is 7.43. The van der Waals surface area contributed by atoms with Crippen molar-refractivity contribution in [1.82, 2.24) is 40.2 Å². The first-order valence-electron chi connectivity index (χ1n) is 14.8. The Hall–Kier alpha value is -4.08. The van der Waals surface area contributed by atoms with Crippen molar-refractivity contribution < 1.29 is 9.32 Å². The molecule has 2 saturated carbocycles. The molecule has 41 heavy (non-hydrogen) atoms. The van der Waals surface area contributed by atoms with Crippen LogP contribution in [0.5, 0.6) is 0 Å². The van der Waals surface area contributed by atoms with Gasteiger partial charge in [-0.1, -0.05) is 37.1 Å². The van der Waals surface area contributed by atoms with E-state index in [1.54, 1.807) is 0 Å². The van der Waals surface area contributed by atoms with Gasteiger partial charge < -0.3 is 14.8 Å². The maximum atomic E-state index is 13.1. The van der Waals surface area contributed by atoms with Crippen molar-refractivity contribution in [3.05, 3.63) is 59.2 Å². The van der Waals surface area contributed by atoms with Crippen molar-refractivity contribution in [1.29, 1.82) is 0 Å². The number of pyridine rings is 1. The number of amides is 1. The quantitative estimate of drug-likeness (QED) is 0.307. The third-order valence-electron chi connectivity index (χ3n) is 9.09. The molecule has 2 N–H and O–H groups in total. The molecule has 0 bridgehead atoms. The average Bonchev–Trinajstić information content (AvgIpc) is 3.30. The van der Waals surface area contributed by atoms with Gasteiger partial charge in [0.05, 0.1) is 23.3 Å². The van der Waals surface area contributed by atoms with E-state index in [0.29, 0.717) is 17.5 Å². The summed E-state index contributed by atoms with van der Waals surface area (Å²) in [5.74, 6) is 1.58. The molecule has 0 saturated heterocycles. The molecular formula is C31H36N8O2. The number of carbonyl (C=O) groups is 1. The van der Waals surface area contributed by atoms with Crippen LogP contribution in [0.4, 0.5) is 0 Å². The van der Waals surface area contributed by atoms with E-state index in [-0.39, 0.29) is 29.2 Å². The topological polar surface area (TPSA) is 127 Å². The predicted molar refractivity (Wildman–Crippen MR) is 155 cm³/mol. The Morgan fingerprint density at radius 2 is 2.00 bits per heavy atom. The molecule has 10 nitrogen and oxygen atoms in total. The van der Waals surface area contributed by atoms with Crippen molar-refractivity contribution in [2.24, 2.45) is 5.92 Å². The first kappa shape index (κ1) is 25.9. The Labute approximate surface area is 238 Å². The standard InChI is InChI=1S/C31H36N8O2/c1-17(2)39-18(3)23(16-33-39)26-35-25-22(11-14-32-27(25)36-26)20-9-10-21-19(15-20)7-5-6-8-24(21)34-29(40)28-37-30(41-38-28)31(4)12-13-31/h9-11,14,16-17,19,24H,5-8,12-13,15H2,1-4H3,(H,34,40)(H,32,35,36)/t19?,24-/m0/s1. The number of rotatable bonds is 6. The number of fused-ring (bicyclic) bond motifs is 2. The largest absolute Gasteiger partial charge is 0.343 e. The summed E-state index contributed by atoms with van der Waals surface area (Å²) in [7, 11) is 0. The number of allylic oxidation sites excluding steroid dienone is 3. The van der Waals surface area contributed by atoms with E-state index < -0.39 is 0 Å². The van der Waals surface area contributed by atoms with E-state index in [4.69, 9.17) is 9.51 Å². The van der Waals surface area contributed by atoms with Gasteiger partial charge in [0.25, 0.3) is 11.7 Å². The van der Waals surface area contributed by atoms with Crippen molar-refractivity contribution >= 4 is 22.6 Å². The first-order valence-corrected chi connectivity index (χ1v) is 14.8. The maximum Gasteiger partial charge on any atom is 0.293 e. The van der Waals surface area contributed by atoms with Crippen LogP contribution in [0.2, 0.25) is 0 Å². The van der Waals surface area contributed by atoms with E-state index in [1.807, 2.05) is 17.1 Å². The number of nitrogens with zero attached hydrogens (tertiary/aromatic N) is 6. The fraction of sp³-hybridized carbons (Fsp3) is 0.484. The zero-order valence-electron chi connectivity index (χ0n) is 24.1. The van der Waals surface area contributed by atoms with Gasteiger partial charge in [0, 0.05) is 28.9 Å². The van der Waals surface area contributed by atoms with E-state index >= 15 is 0 Å². The second kappa shape index (κ2) is 9.78. The van der Waals surface area contributed by atoms with Crippen LogP contribution >= 0.6 is 0 Å². The smallest absolute Gasteiger partial charge is 0.293 e. The van der Waals surface area contributed by atoms with Gasteiger partial charge in [-0.25, -0.2) is 9.97 Å². The molecule has 1 amide bonds. The lowest BCUT2D eigenvalue weighted by Crippen LogP contribution is -2.38. The summed E-state index contributed by atoms with van der Waals surface area (Å²) in [6, 6.07) is 2.31. The normalized spacial score (nSPS) is 21.8. The number of H-pyrrole nitrogens is 1. The Bertz CT molecular complexity index is 1700. The van der Waals surface area contributed by atoms with Gasteiger partial charge in [0.1, 0.15) is 5.82 Å². The van der Waals surface area contributed by atoms with Gasteiger partial charge >= 0.3 is 0 Å². The summed E-state index contributed by atoms with van der Waals surface area (Å²) >= 11 is 0. The summed E-state index contributed by atoms with van der Waals surface area (Å²) in [6.07, 6.45) is 15.3. The number of imidazole rings is 1. The number of aromatic nitrogens is 7. The number of hydrogen-bond acceptors (Lipinski definition) is 7. The molecule has 4 aromatic rings. The van der Waals surface area contributed by atoms with E-state index in [1.165, 1.54) is 11.1 Å². The lowest BCUT2D eigenvalue weighted by molar-refractivity contribution is 0.0926. The maximum absolute atomic E-state index is 13.1. The van der Waals surface area contributed by atoms with Crippen LogP contribution in [-0.4, -0.2) is 46.8 Å². The van der Waals surface area contributed by atoms with Gasteiger partial charge in [-0.15, -0.1) is 0 Å². The molecule has 0 spiro atoms. The lowest BCUT2D eigenvalue weighted by atomic mass is 9.80. The van der Waals surface area contributed by atoms with Crippen molar-refractivity contribution in [2.75, 3.05) is 0 Å². The zero-order valence-corrected chi connectivity index (χ0v) is 24.1. The molecule has 0 aromatic carbocycles. The Morgan fingerprint density at radius 1 is 1.17 bits per heavy atom. The minimum absolute atomic E-state index is 0.0389. The van der Waals surface area contributed by atoms with E-state index in [2.05, 4.69) is 76.4 Å². The highest BCUT2D eigenvalue weighted by Gasteiger charge is 2.45. The minimum Gasteiger partial charge on any atom is -0.343 e. The van der Waals surface area contributed by atoms with Crippen molar-refractivity contribution in [2.45, 2.75) is 90.1 Å². The summed E-state index contributed by atoms with van der Waals surface area (Å²) in [4.78, 5) is 30.5. The first-order chi connectivity index (χ1) is 19.8. The highest BCUT2D eigenvalue weighted by atomic mass is 16.5. The van der Waals surface area contributed by atoms with Gasteiger partial charge in [-0.3, -0.25) is 9.48 Å². The highest BCUT2D eigenvalue weighted by Crippen LogP contribution is 2.46. The molecule has 0 radical (unpaired) electrons. The van der Waals surface area contributed by atoms with Crippen LogP contribution < -0.4 is 5.32 Å². The Balaban J connectivity index is 1.16. The molecule has 212 valence electrons. The number of aromatic amines is 1. The predicted octanol–water partition coefficient (Wildman–Crippen LogP) is 5.85. The highest BCUT2D eigenvalue weighted by molar-refractivity contribution is 5.91. The SMILES string of the molecule is Cc1c(-c2nc3nccc(C4=CC=C5C(CCCC[C@@H]5NC(=O)c5noc(C6(C)CC6)n5)C4)c3[nH]2)cnn1C(C)C. The molecule has 1 unspecified atom stereocenters. The Morgan fingerprint density at radius 3 is 2.78 bits per heavy atom. The minimum atomic E-state index is -0.262. The third-order valence-corrected chi connectivity index (χ3v) is 9.09. The van der Waals surface area contributed by atoms with E-state index in [9.17, 15) is 4.79 Å². The fourth-order valence-electron chi connectivity index (χ4n) is 6.38. The molecule has 10 heteroatoms. The van der Waals surface area contributed by atoms with Crippen LogP contribution in [0.3, 0.4) is 0 Å². The third kappa shape index (κ3) is 4.59. The van der Waals surface area contributed by atoms with Gasteiger partial charge in [0.15, 0.2) is 5.65 Å². The second-order valence-electron chi connectivity index (χ2n) is 12.4. The molecule has 2 atom stereocenters. The summed E-state index contributed by atoms with van der Waals surface area (Å²) in [5.41, 5.74) is 7.31. The molecular weight excluding hydrogens is 516 g/mol. The van der Waals surface area contributed by atoms with Crippen molar-refractivity contribution in [3.63, 3.8) is 0 Å². The van der Waals surface area contributed by atoms with E-state index in [0.717, 1.165) is 73.1 Å². The van der Waals surface area contributed by atoms with Crippen LogP contribution in [-0.2, 0) is 5.41 Å². The molecule has 3 aliphatic rings. The molecule has 4 heterocycles. The van der Waals surface area contributed by atoms with Gasteiger partial charge in [0.2, 0.25) is 5.89 Å². The monoisotopic (exact) mass is 552 g/mol. The number of carbonyl (C=O) groups excluding carboxylic acids is 1. The summed E-state index contributed by atoms with van der Waals surface area (Å²) in [6.45, 7) is 8.42. The Kier molecular flexibility index (Phi) is 6.17. The lowest BCUT2D eigenvalue weighted by Gasteiger charge is -2.29. The van der Waals surface area contributed by atoms with Gasteiger partial charge in [-0.05, 0) is 76.0 Å². The number of hydrogen-bond donors (Lipinski definition) is 2. The van der Waals surface area contributed by atoms with Crippen LogP contribution in [0.15, 0.2) is 40.7 Å². The molecule has 4 aromatic heterocycles. The number of nitrogens with one attached hydrogen (secondary N) is 2. The van der Waals surface area contributed by atoms with Crippen LogP contribution in [0, 0.1) is 12.8 Å². The fourth-order valence-corrected chi connectivity index (χ4v) is 6.38. The van der Waals surface area contributed by atoms with Crippen molar-refractivity contribution in [3.8, 4) is 11.4 Å². The second-order valence-corrected chi connectivity index (χ2v) is 12.4. The average molecular weight is 553 g/mol. The molecule has 3 aliphatic carbocycles. The van der Waals surface area contributed by atoms with Gasteiger partial charge in [-0.2, -0.15) is 10.1 Å². The van der Waals surface area contributed by atoms with Crippen LogP contribution in [0.1, 0.15) is 99.5 Å². The zero-order chi connectivity index (χ0) is 28.3. The molecule has 0 aliphatic heterocycles.